The van der Waals surface area contributed by atoms with Gasteiger partial charge in [0.05, 0.1) is 11.7 Å². The molecule has 2 aromatic heterocycles. The Morgan fingerprint density at radius 1 is 0.957 bits per heavy atom. The molecular formula is C35H48N8O3. The summed E-state index contributed by atoms with van der Waals surface area (Å²) in [6, 6.07) is 5.99. The van der Waals surface area contributed by atoms with Crippen LogP contribution in [0.2, 0.25) is 0 Å². The minimum Gasteiger partial charge on any atom is -0.338 e. The van der Waals surface area contributed by atoms with Crippen molar-refractivity contribution in [1.29, 1.82) is 0 Å². The highest BCUT2D eigenvalue weighted by Gasteiger charge is 2.34. The summed E-state index contributed by atoms with van der Waals surface area (Å²) in [6.45, 7) is 8.51. The molecule has 3 aromatic rings. The number of aromatic nitrogens is 3. The van der Waals surface area contributed by atoms with Gasteiger partial charge in [-0.2, -0.15) is 5.10 Å². The number of carbonyl (C=O) groups excluding carboxylic acids is 2. The van der Waals surface area contributed by atoms with Crippen molar-refractivity contribution in [3.63, 3.8) is 0 Å². The third-order valence-electron chi connectivity index (χ3n) is 11.0. The molecule has 0 unspecified atom stereocenters. The number of rotatable bonds is 6. The monoisotopic (exact) mass is 628 g/mol. The molecule has 11 heteroatoms. The van der Waals surface area contributed by atoms with E-state index in [-0.39, 0.29) is 23.4 Å². The SMILES string of the molecule is Cc1cc(C[C@@H](NC(=O)N2CCC(c3cc4c([nH]c3=O)CCC4)CC2)C(=O)N2CCN(C3CCN(C)CC3)CC2)cc2cn[nH]c12. The Kier molecular flexibility index (Phi) is 8.87. The van der Waals surface area contributed by atoms with Crippen molar-refractivity contribution < 1.29 is 9.59 Å². The van der Waals surface area contributed by atoms with E-state index in [0.29, 0.717) is 38.6 Å². The van der Waals surface area contributed by atoms with Crippen LogP contribution >= 0.6 is 0 Å². The topological polar surface area (TPSA) is 121 Å². The van der Waals surface area contributed by atoms with Crippen molar-refractivity contribution in [2.75, 3.05) is 59.4 Å². The second kappa shape index (κ2) is 13.2. The average molecular weight is 629 g/mol. The summed E-state index contributed by atoms with van der Waals surface area (Å²) < 4.78 is 0. The first kappa shape index (κ1) is 30.9. The van der Waals surface area contributed by atoms with Crippen LogP contribution in [0.4, 0.5) is 4.79 Å². The number of benzene rings is 1. The maximum Gasteiger partial charge on any atom is 0.318 e. The second-order valence-corrected chi connectivity index (χ2v) is 14.0. The zero-order valence-corrected chi connectivity index (χ0v) is 27.3. The first-order valence-electron chi connectivity index (χ1n) is 17.3. The fraction of sp³-hybridized carbons (Fsp3) is 0.600. The average Bonchev–Trinajstić information content (AvgIpc) is 3.74. The lowest BCUT2D eigenvalue weighted by atomic mass is 9.89. The number of amides is 3. The Bertz CT molecular complexity index is 1620. The van der Waals surface area contributed by atoms with E-state index in [9.17, 15) is 14.4 Å². The van der Waals surface area contributed by atoms with Gasteiger partial charge in [0.2, 0.25) is 5.91 Å². The Morgan fingerprint density at radius 2 is 1.72 bits per heavy atom. The van der Waals surface area contributed by atoms with Crippen LogP contribution < -0.4 is 10.9 Å². The summed E-state index contributed by atoms with van der Waals surface area (Å²) in [5.41, 5.74) is 6.31. The van der Waals surface area contributed by atoms with Crippen molar-refractivity contribution >= 4 is 22.8 Å². The predicted octanol–water partition coefficient (Wildman–Crippen LogP) is 2.79. The molecule has 3 fully saturated rings. The Balaban J connectivity index is 1.02. The summed E-state index contributed by atoms with van der Waals surface area (Å²) in [4.78, 5) is 52.5. The summed E-state index contributed by atoms with van der Waals surface area (Å²) in [5, 5.41) is 11.4. The van der Waals surface area contributed by atoms with Crippen LogP contribution in [0.3, 0.4) is 0 Å². The number of hydrogen-bond acceptors (Lipinski definition) is 6. The van der Waals surface area contributed by atoms with Crippen LogP contribution in [0.1, 0.15) is 66.0 Å². The van der Waals surface area contributed by atoms with E-state index >= 15 is 0 Å². The zero-order chi connectivity index (χ0) is 31.8. The standard InChI is InChI=1S/C35H48N8O3/c1-23-18-24(19-27-22-36-39-32(23)27)20-31(34(45)42-16-14-41(15-17-42)28-8-10-40(2)11-9-28)38-35(46)43-12-6-25(7-13-43)29-21-26-4-3-5-30(26)37-33(29)44/h18-19,21-22,25,28,31H,3-17,20H2,1-2H3,(H,36,39)(H,37,44)(H,38,46)/t31-/m1/s1. The van der Waals surface area contributed by atoms with Gasteiger partial charge < -0.3 is 25.0 Å². The lowest BCUT2D eigenvalue weighted by molar-refractivity contribution is -0.135. The van der Waals surface area contributed by atoms with Crippen molar-refractivity contribution in [3.05, 3.63) is 62.7 Å². The van der Waals surface area contributed by atoms with E-state index in [1.165, 1.54) is 18.4 Å². The molecule has 0 radical (unpaired) electrons. The Morgan fingerprint density at radius 3 is 2.48 bits per heavy atom. The Hall–Kier alpha value is -3.70. The number of pyridine rings is 1. The number of hydrogen-bond donors (Lipinski definition) is 3. The highest BCUT2D eigenvalue weighted by atomic mass is 16.2. The highest BCUT2D eigenvalue weighted by Crippen LogP contribution is 2.29. The van der Waals surface area contributed by atoms with E-state index in [4.69, 9.17) is 0 Å². The molecule has 0 spiro atoms. The molecular weight excluding hydrogens is 580 g/mol. The van der Waals surface area contributed by atoms with Crippen molar-refractivity contribution in [2.24, 2.45) is 0 Å². The van der Waals surface area contributed by atoms with Gasteiger partial charge in [0.1, 0.15) is 6.04 Å². The molecule has 7 rings (SSSR count). The molecule has 246 valence electrons. The summed E-state index contributed by atoms with van der Waals surface area (Å²) in [7, 11) is 2.18. The third-order valence-corrected chi connectivity index (χ3v) is 11.0. The van der Waals surface area contributed by atoms with Gasteiger partial charge in [-0.1, -0.05) is 6.07 Å². The molecule has 1 aliphatic carbocycles. The van der Waals surface area contributed by atoms with Gasteiger partial charge in [-0.25, -0.2) is 4.79 Å². The van der Waals surface area contributed by atoms with Crippen LogP contribution in [0, 0.1) is 6.92 Å². The van der Waals surface area contributed by atoms with E-state index in [1.807, 2.05) is 16.7 Å². The van der Waals surface area contributed by atoms with Crippen molar-refractivity contribution in [1.82, 2.24) is 40.1 Å². The number of nitrogens with zero attached hydrogens (tertiary/aromatic N) is 5. The molecule has 3 amide bonds. The fourth-order valence-corrected chi connectivity index (χ4v) is 8.22. The molecule has 11 nitrogen and oxygen atoms in total. The molecule has 1 aromatic carbocycles. The van der Waals surface area contributed by atoms with Gasteiger partial charge in [0, 0.05) is 68.4 Å². The number of aryl methyl sites for hydroxylation is 3. The first-order valence-corrected chi connectivity index (χ1v) is 17.3. The third kappa shape index (κ3) is 6.44. The molecule has 0 saturated carbocycles. The van der Waals surface area contributed by atoms with Crippen LogP contribution in [-0.4, -0.2) is 118 Å². The maximum atomic E-state index is 14.1. The lowest BCUT2D eigenvalue weighted by Gasteiger charge is -2.43. The number of nitrogens with one attached hydrogen (secondary N) is 3. The number of piperazine rings is 1. The van der Waals surface area contributed by atoms with Crippen LogP contribution in [-0.2, 0) is 24.1 Å². The van der Waals surface area contributed by atoms with E-state index in [1.54, 1.807) is 6.20 Å². The number of piperidine rings is 2. The van der Waals surface area contributed by atoms with E-state index in [0.717, 1.165) is 91.6 Å². The summed E-state index contributed by atoms with van der Waals surface area (Å²) >= 11 is 0. The predicted molar refractivity (Wildman–Crippen MR) is 178 cm³/mol. The molecule has 46 heavy (non-hydrogen) atoms. The quantitative estimate of drug-likeness (QED) is 0.386. The van der Waals surface area contributed by atoms with Crippen LogP contribution in [0.15, 0.2) is 29.2 Å². The van der Waals surface area contributed by atoms with E-state index < -0.39 is 6.04 Å². The fourth-order valence-electron chi connectivity index (χ4n) is 8.22. The lowest BCUT2D eigenvalue weighted by Crippen LogP contribution is -2.59. The normalized spacial score (nSPS) is 21.1. The number of H-pyrrole nitrogens is 2. The molecule has 3 aliphatic heterocycles. The van der Waals surface area contributed by atoms with Crippen LogP contribution in [0.5, 0.6) is 0 Å². The smallest absolute Gasteiger partial charge is 0.318 e. The number of urea groups is 1. The largest absolute Gasteiger partial charge is 0.338 e. The Labute approximate surface area is 270 Å². The van der Waals surface area contributed by atoms with Gasteiger partial charge in [0.15, 0.2) is 0 Å². The molecule has 4 aliphatic rings. The molecule has 0 bridgehead atoms. The molecule has 5 heterocycles. The second-order valence-electron chi connectivity index (χ2n) is 14.0. The number of aromatic amines is 2. The first-order chi connectivity index (χ1) is 22.3. The number of carbonyl (C=O) groups is 2. The zero-order valence-electron chi connectivity index (χ0n) is 27.3. The summed E-state index contributed by atoms with van der Waals surface area (Å²) in [6.07, 6.45) is 9.13. The van der Waals surface area contributed by atoms with Gasteiger partial charge in [-0.3, -0.25) is 19.6 Å². The van der Waals surface area contributed by atoms with E-state index in [2.05, 4.69) is 55.5 Å². The molecule has 1 atom stereocenters. The van der Waals surface area contributed by atoms with Crippen LogP contribution in [0.25, 0.3) is 10.9 Å². The molecule has 3 N–H and O–H groups in total. The van der Waals surface area contributed by atoms with Gasteiger partial charge in [-0.15, -0.1) is 0 Å². The van der Waals surface area contributed by atoms with Gasteiger partial charge >= 0.3 is 6.03 Å². The maximum absolute atomic E-state index is 14.1. The number of fused-ring (bicyclic) bond motifs is 2. The van der Waals surface area contributed by atoms with Gasteiger partial charge in [-0.05, 0) is 107 Å². The minimum absolute atomic E-state index is 0.0131. The summed E-state index contributed by atoms with van der Waals surface area (Å²) in [5.74, 6) is 0.127. The highest BCUT2D eigenvalue weighted by molar-refractivity contribution is 5.88. The number of likely N-dealkylation sites (tertiary alicyclic amines) is 2. The minimum atomic E-state index is -0.664. The van der Waals surface area contributed by atoms with Crippen molar-refractivity contribution in [2.45, 2.75) is 76.3 Å². The van der Waals surface area contributed by atoms with Crippen molar-refractivity contribution in [3.8, 4) is 0 Å². The molecule has 3 saturated heterocycles. The van der Waals surface area contributed by atoms with Gasteiger partial charge in [0.25, 0.3) is 5.56 Å².